The molecule has 88 valence electrons. The highest BCUT2D eigenvalue weighted by Gasteiger charge is 2.01. The van der Waals surface area contributed by atoms with Crippen LogP contribution in [-0.2, 0) is 0 Å². The second-order valence-electron chi connectivity index (χ2n) is 4.01. The van der Waals surface area contributed by atoms with Crippen molar-refractivity contribution in [3.05, 3.63) is 55.0 Å². The number of anilines is 3. The fourth-order valence-corrected chi connectivity index (χ4v) is 1.85. The van der Waals surface area contributed by atoms with Crippen molar-refractivity contribution in [2.75, 3.05) is 11.1 Å². The van der Waals surface area contributed by atoms with Gasteiger partial charge in [-0.2, -0.15) is 0 Å². The largest absolute Gasteiger partial charge is 0.394 e. The third kappa shape index (κ3) is 1.96. The van der Waals surface area contributed by atoms with Gasteiger partial charge in [0.25, 0.3) is 0 Å². The standard InChI is InChI=1S/C14H12N4/c15-13-8-16-9-17-14(13)18-12-6-5-10-3-1-2-4-11(10)7-12/h1-9H,15H2,(H,16,17,18). The summed E-state index contributed by atoms with van der Waals surface area (Å²) >= 11 is 0. The summed E-state index contributed by atoms with van der Waals surface area (Å²) < 4.78 is 0. The predicted molar refractivity (Wildman–Crippen MR) is 73.7 cm³/mol. The summed E-state index contributed by atoms with van der Waals surface area (Å²) in [5, 5.41) is 5.57. The van der Waals surface area contributed by atoms with Gasteiger partial charge in [0.05, 0.1) is 11.9 Å². The number of hydrogen-bond donors (Lipinski definition) is 2. The van der Waals surface area contributed by atoms with Crippen LogP contribution in [0, 0.1) is 0 Å². The van der Waals surface area contributed by atoms with E-state index in [0.717, 1.165) is 5.69 Å². The molecule has 0 aliphatic rings. The molecular formula is C14H12N4. The van der Waals surface area contributed by atoms with E-state index in [9.17, 15) is 0 Å². The van der Waals surface area contributed by atoms with Gasteiger partial charge in [-0.3, -0.25) is 0 Å². The van der Waals surface area contributed by atoms with Crippen LogP contribution in [0.3, 0.4) is 0 Å². The zero-order valence-corrected chi connectivity index (χ0v) is 9.67. The Labute approximate surface area is 104 Å². The van der Waals surface area contributed by atoms with Gasteiger partial charge >= 0.3 is 0 Å². The summed E-state index contributed by atoms with van der Waals surface area (Å²) in [6.45, 7) is 0. The number of hydrogen-bond acceptors (Lipinski definition) is 4. The van der Waals surface area contributed by atoms with Crippen LogP contribution in [0.1, 0.15) is 0 Å². The van der Waals surface area contributed by atoms with E-state index < -0.39 is 0 Å². The molecule has 0 spiro atoms. The first-order valence-electron chi connectivity index (χ1n) is 5.64. The van der Waals surface area contributed by atoms with Crippen molar-refractivity contribution in [1.82, 2.24) is 9.97 Å². The van der Waals surface area contributed by atoms with E-state index in [4.69, 9.17) is 5.73 Å². The number of nitrogens with zero attached hydrogens (tertiary/aromatic N) is 2. The van der Waals surface area contributed by atoms with Crippen molar-refractivity contribution in [2.24, 2.45) is 0 Å². The van der Waals surface area contributed by atoms with Crippen molar-refractivity contribution in [3.63, 3.8) is 0 Å². The van der Waals surface area contributed by atoms with Crippen LogP contribution in [0.5, 0.6) is 0 Å². The number of nitrogens with one attached hydrogen (secondary N) is 1. The molecule has 0 fully saturated rings. The molecule has 4 heteroatoms. The lowest BCUT2D eigenvalue weighted by Gasteiger charge is -2.08. The summed E-state index contributed by atoms with van der Waals surface area (Å²) in [6, 6.07) is 14.3. The average Bonchev–Trinajstić information content (AvgIpc) is 2.41. The summed E-state index contributed by atoms with van der Waals surface area (Å²) in [4.78, 5) is 7.97. The molecule has 1 heterocycles. The number of benzene rings is 2. The Morgan fingerprint density at radius 2 is 1.83 bits per heavy atom. The van der Waals surface area contributed by atoms with Crippen LogP contribution in [0.15, 0.2) is 55.0 Å². The second kappa shape index (κ2) is 4.33. The van der Waals surface area contributed by atoms with E-state index in [1.807, 2.05) is 18.2 Å². The topological polar surface area (TPSA) is 63.8 Å². The van der Waals surface area contributed by atoms with Crippen molar-refractivity contribution in [1.29, 1.82) is 0 Å². The lowest BCUT2D eigenvalue weighted by Crippen LogP contribution is -1.99. The highest BCUT2D eigenvalue weighted by Crippen LogP contribution is 2.23. The van der Waals surface area contributed by atoms with Crippen molar-refractivity contribution in [2.45, 2.75) is 0 Å². The quantitative estimate of drug-likeness (QED) is 0.718. The average molecular weight is 236 g/mol. The summed E-state index contributed by atoms with van der Waals surface area (Å²) in [5.74, 6) is 0.625. The van der Waals surface area contributed by atoms with E-state index in [1.54, 1.807) is 6.20 Å². The zero-order valence-electron chi connectivity index (χ0n) is 9.67. The van der Waals surface area contributed by atoms with Crippen LogP contribution in [-0.4, -0.2) is 9.97 Å². The molecule has 4 nitrogen and oxygen atoms in total. The molecule has 3 N–H and O–H groups in total. The van der Waals surface area contributed by atoms with Gasteiger partial charge < -0.3 is 11.1 Å². The Morgan fingerprint density at radius 3 is 2.67 bits per heavy atom. The smallest absolute Gasteiger partial charge is 0.157 e. The minimum absolute atomic E-state index is 0.533. The Kier molecular flexibility index (Phi) is 2.53. The first-order chi connectivity index (χ1) is 8.83. The van der Waals surface area contributed by atoms with E-state index in [2.05, 4.69) is 39.6 Å². The molecule has 0 aliphatic carbocycles. The van der Waals surface area contributed by atoms with Crippen LogP contribution in [0.25, 0.3) is 10.8 Å². The summed E-state index contributed by atoms with van der Waals surface area (Å²) in [7, 11) is 0. The van der Waals surface area contributed by atoms with Gasteiger partial charge in [0.15, 0.2) is 5.82 Å². The van der Waals surface area contributed by atoms with Crippen LogP contribution < -0.4 is 11.1 Å². The van der Waals surface area contributed by atoms with Gasteiger partial charge in [-0.25, -0.2) is 9.97 Å². The highest BCUT2D eigenvalue weighted by molar-refractivity contribution is 5.86. The number of nitrogens with two attached hydrogens (primary N) is 1. The maximum Gasteiger partial charge on any atom is 0.157 e. The fraction of sp³-hybridized carbons (Fsp3) is 0. The minimum atomic E-state index is 0.533. The molecule has 0 aliphatic heterocycles. The van der Waals surface area contributed by atoms with Crippen molar-refractivity contribution < 1.29 is 0 Å². The van der Waals surface area contributed by atoms with Crippen molar-refractivity contribution in [3.8, 4) is 0 Å². The molecule has 2 aromatic carbocycles. The number of fused-ring (bicyclic) bond motifs is 1. The molecule has 0 saturated heterocycles. The summed E-state index contributed by atoms with van der Waals surface area (Å²) in [6.07, 6.45) is 3.05. The first-order valence-corrected chi connectivity index (χ1v) is 5.64. The van der Waals surface area contributed by atoms with Crippen molar-refractivity contribution >= 4 is 28.0 Å². The molecule has 3 rings (SSSR count). The Morgan fingerprint density at radius 1 is 1.00 bits per heavy atom. The Balaban J connectivity index is 1.98. The Bertz CT molecular complexity index is 694. The SMILES string of the molecule is Nc1cncnc1Nc1ccc2ccccc2c1. The molecule has 3 aromatic rings. The van der Waals surface area contributed by atoms with E-state index >= 15 is 0 Å². The van der Waals surface area contributed by atoms with Gasteiger partial charge in [0, 0.05) is 5.69 Å². The molecule has 0 saturated carbocycles. The monoisotopic (exact) mass is 236 g/mol. The van der Waals surface area contributed by atoms with E-state index in [1.165, 1.54) is 17.1 Å². The lowest BCUT2D eigenvalue weighted by molar-refractivity contribution is 1.17. The lowest BCUT2D eigenvalue weighted by atomic mass is 10.1. The van der Waals surface area contributed by atoms with Gasteiger partial charge in [0.2, 0.25) is 0 Å². The molecule has 0 radical (unpaired) electrons. The van der Waals surface area contributed by atoms with Gasteiger partial charge in [-0.15, -0.1) is 0 Å². The fourth-order valence-electron chi connectivity index (χ4n) is 1.85. The molecule has 0 amide bonds. The second-order valence-corrected chi connectivity index (χ2v) is 4.01. The number of nitrogen functional groups attached to an aromatic ring is 1. The van der Waals surface area contributed by atoms with Gasteiger partial charge in [-0.05, 0) is 22.9 Å². The highest BCUT2D eigenvalue weighted by atomic mass is 15.0. The molecular weight excluding hydrogens is 224 g/mol. The maximum absolute atomic E-state index is 5.79. The molecule has 0 bridgehead atoms. The number of rotatable bonds is 2. The van der Waals surface area contributed by atoms with Crippen LogP contribution in [0.4, 0.5) is 17.2 Å². The predicted octanol–water partition coefficient (Wildman–Crippen LogP) is 2.96. The number of aromatic nitrogens is 2. The maximum atomic E-state index is 5.79. The van der Waals surface area contributed by atoms with E-state index in [-0.39, 0.29) is 0 Å². The minimum Gasteiger partial charge on any atom is -0.394 e. The normalized spacial score (nSPS) is 10.4. The molecule has 1 aromatic heterocycles. The van der Waals surface area contributed by atoms with Gasteiger partial charge in [0.1, 0.15) is 6.33 Å². The third-order valence-electron chi connectivity index (χ3n) is 2.75. The summed E-state index contributed by atoms with van der Waals surface area (Å²) in [5.41, 5.74) is 7.28. The van der Waals surface area contributed by atoms with Crippen LogP contribution in [0.2, 0.25) is 0 Å². The zero-order chi connectivity index (χ0) is 12.4. The Hall–Kier alpha value is -2.62. The van der Waals surface area contributed by atoms with Crippen LogP contribution >= 0.6 is 0 Å². The molecule has 0 unspecified atom stereocenters. The first kappa shape index (κ1) is 10.5. The molecule has 0 atom stereocenters. The third-order valence-corrected chi connectivity index (χ3v) is 2.75. The van der Waals surface area contributed by atoms with E-state index in [0.29, 0.717) is 11.5 Å². The van der Waals surface area contributed by atoms with Gasteiger partial charge in [-0.1, -0.05) is 30.3 Å². The molecule has 18 heavy (non-hydrogen) atoms.